The molecule has 2 heterocycles. The highest BCUT2D eigenvalue weighted by molar-refractivity contribution is 8.76. The number of aliphatic carboxylic acids is 1. The van der Waals surface area contributed by atoms with Crippen LogP contribution in [-0.4, -0.2) is 249 Å². The van der Waals surface area contributed by atoms with E-state index in [1.54, 1.807) is 128 Å². The first-order chi connectivity index (χ1) is 59.4. The number of carboxylic acid groups (broad SMARTS) is 1. The number of likely N-dealkylation sites (N-methyl/N-ethyl adjacent to an activating group) is 1. The van der Waals surface area contributed by atoms with E-state index in [9.17, 15) is 54.0 Å². The van der Waals surface area contributed by atoms with Gasteiger partial charge in [-0.25, -0.2) is 4.79 Å². The SMILES string of the molecule is CC(C)NCc1ccc(C[C@@H]2NC(=O)[C@@H](Cc3c[nH]c4ccccc34)NC(=O)[C@H](Cc3ccccc3)NC(=O)[C@H](Cc3ccccc3)NC(=O)[C@H](CCCCN)NC(=O)[C@@H](N)CSSC[C@@H](C(=O)N[C@@H](CCCCN)C(=O)N[C@@H](CCCCN)C(=O)O)NC(=O)[C@H](CO)N(C)C(=O)[C@H]([C@@H](C)O)NC(=O)[C@H](Cc3ccccc3)NC(=O)[C@H]([C@@H](C)O)NC2=O)cc1. The molecule has 0 spiro atoms. The van der Waals surface area contributed by atoms with Gasteiger partial charge in [0.25, 0.3) is 0 Å². The fourth-order valence-electron chi connectivity index (χ4n) is 13.7. The Morgan fingerprint density at radius 1 is 0.468 bits per heavy atom. The van der Waals surface area contributed by atoms with Crippen LogP contribution < -0.4 is 86.7 Å². The summed E-state index contributed by atoms with van der Waals surface area (Å²) in [6, 6.07) is 18.8. The van der Waals surface area contributed by atoms with Crippen molar-refractivity contribution in [3.63, 3.8) is 0 Å². The molecular formula is C87H122N18O17S2. The maximum Gasteiger partial charge on any atom is 0.326 e. The van der Waals surface area contributed by atoms with Crippen LogP contribution in [0.15, 0.2) is 146 Å². The number of benzene rings is 5. The monoisotopic (exact) mass is 1750 g/mol. The number of nitrogens with two attached hydrogens (primary N) is 4. The molecule has 37 heteroatoms. The van der Waals surface area contributed by atoms with E-state index in [1.165, 1.54) is 6.92 Å². The second-order valence-electron chi connectivity index (χ2n) is 31.2. The van der Waals surface area contributed by atoms with E-state index in [1.807, 2.05) is 32.0 Å². The molecule has 0 saturated carbocycles. The summed E-state index contributed by atoms with van der Waals surface area (Å²) in [7, 11) is 2.88. The average Bonchev–Trinajstić information content (AvgIpc) is 1.84. The highest BCUT2D eigenvalue weighted by Gasteiger charge is 2.41. The van der Waals surface area contributed by atoms with Gasteiger partial charge in [-0.05, 0) is 131 Å². The first-order valence-corrected chi connectivity index (χ1v) is 44.3. The van der Waals surface area contributed by atoms with Crippen LogP contribution in [0.5, 0.6) is 0 Å². The van der Waals surface area contributed by atoms with Crippen LogP contribution in [-0.2, 0) is 101 Å². The van der Waals surface area contributed by atoms with Crippen molar-refractivity contribution < 1.29 is 82.8 Å². The largest absolute Gasteiger partial charge is 0.480 e. The second-order valence-corrected chi connectivity index (χ2v) is 33.8. The number of nitrogens with zero attached hydrogens (tertiary/aromatic N) is 1. The highest BCUT2D eigenvalue weighted by Crippen LogP contribution is 2.25. The first-order valence-electron chi connectivity index (χ1n) is 41.8. The standard InChI is InChI=1S/C87H122N18O17S2/c1-51(2)92-46-58-36-34-57(35-37-58)44-68-81(115)103-73(52(3)107)85(119)101-69(43-56-27-13-8-14-28-56)82(116)104-74(53(4)108)86(120)105(5)72(48-106)84(118)102-71(83(117)95-64(32-18-21-39-89)76(110)96-65(87(121)122)33-19-22-40-90)50-124-123-49-61(91)75(109)94-63(31-17-20-38-88)77(111)97-66(41-54-23-9-6-10-24-54)78(112)98-67(42-55-25-11-7-12-26-55)79(113)100-70(80(114)99-68)45-59-47-93-62-30-16-15-29-60(59)62/h6-16,23-30,34-37,47,51-53,61,63-74,92-93,106-108H,17-22,31-33,38-46,48-50,88-91H2,1-5H3,(H,94,109)(H,95,117)(H,96,110)(H,97,111)(H,98,112)(H,99,114)(H,100,113)(H,101,119)(H,102,118)(H,103,115)(H,104,116)(H,121,122)/t52-,53-,61+,63+,64+,65+,66+,67+,68+,69+,70-,71+,72+,73+,74+/m1/s1. The van der Waals surface area contributed by atoms with E-state index in [4.69, 9.17) is 22.9 Å². The number of carbonyl (C=O) groups is 13. The number of para-hydroxylation sites is 1. The molecule has 1 aliphatic heterocycles. The summed E-state index contributed by atoms with van der Waals surface area (Å²) in [6.07, 6.45) is -1.12. The Balaban J connectivity index is 1.34. The maximum absolute atomic E-state index is 15.7. The lowest BCUT2D eigenvalue weighted by Crippen LogP contribution is -2.64. The van der Waals surface area contributed by atoms with E-state index in [-0.39, 0.29) is 89.2 Å². The zero-order valence-corrected chi connectivity index (χ0v) is 72.2. The third-order valence-electron chi connectivity index (χ3n) is 20.9. The number of aromatic nitrogens is 1. The van der Waals surface area contributed by atoms with Gasteiger partial charge in [-0.1, -0.05) is 169 Å². The number of amides is 12. The third-order valence-corrected chi connectivity index (χ3v) is 23.4. The van der Waals surface area contributed by atoms with Gasteiger partial charge < -0.3 is 117 Å². The van der Waals surface area contributed by atoms with Crippen LogP contribution in [0.25, 0.3) is 10.9 Å². The van der Waals surface area contributed by atoms with Gasteiger partial charge in [0.05, 0.1) is 24.9 Å². The Bertz CT molecular complexity index is 4460. The molecule has 1 fully saturated rings. The van der Waals surface area contributed by atoms with E-state index < -0.39 is 180 Å². The number of rotatable bonds is 33. The van der Waals surface area contributed by atoms with Crippen LogP contribution in [0.1, 0.15) is 119 Å². The van der Waals surface area contributed by atoms with Gasteiger partial charge in [0.15, 0.2) is 0 Å². The third kappa shape index (κ3) is 32.3. The van der Waals surface area contributed by atoms with E-state index in [0.717, 1.165) is 41.1 Å². The molecule has 6 aromatic rings. The number of aliphatic hydroxyl groups is 3. The summed E-state index contributed by atoms with van der Waals surface area (Å²) in [5, 5.41) is 77.7. The summed E-state index contributed by atoms with van der Waals surface area (Å²) in [5.41, 5.74) is 28.1. The molecule has 12 amide bonds. The number of hydrogen-bond donors (Lipinski definition) is 21. The number of H-pyrrole nitrogens is 1. The molecule has 0 radical (unpaired) electrons. The highest BCUT2D eigenvalue weighted by atomic mass is 33.1. The minimum atomic E-state index is -1.98. The molecule has 15 atom stereocenters. The van der Waals surface area contributed by atoms with Gasteiger partial charge in [-0.2, -0.15) is 0 Å². The van der Waals surface area contributed by atoms with E-state index in [2.05, 4.69) is 68.8 Å². The van der Waals surface area contributed by atoms with Crippen molar-refractivity contribution in [1.82, 2.24) is 73.7 Å². The number of fused-ring (bicyclic) bond motifs is 1. The summed E-state index contributed by atoms with van der Waals surface area (Å²) < 4.78 is 0. The smallest absolute Gasteiger partial charge is 0.326 e. The fraction of sp³-hybridized carbons (Fsp3) is 0.483. The molecule has 1 aromatic heterocycles. The lowest BCUT2D eigenvalue weighted by atomic mass is 9.99. The summed E-state index contributed by atoms with van der Waals surface area (Å²) in [6.45, 7) is 6.23. The van der Waals surface area contributed by atoms with Crippen molar-refractivity contribution in [3.05, 3.63) is 179 Å². The number of nitrogens with one attached hydrogen (secondary N) is 13. The number of carbonyl (C=O) groups excluding carboxylic acids is 12. The number of aliphatic hydroxyl groups excluding tert-OH is 3. The maximum atomic E-state index is 15.7. The quantitative estimate of drug-likeness (QED) is 0.0179. The van der Waals surface area contributed by atoms with Crippen molar-refractivity contribution >= 4 is 109 Å². The van der Waals surface area contributed by atoms with Gasteiger partial charge in [-0.3, -0.25) is 57.5 Å². The number of hydrogen-bond acceptors (Lipinski definition) is 23. The minimum absolute atomic E-state index is 0.0120. The summed E-state index contributed by atoms with van der Waals surface area (Å²) >= 11 is 0. The molecule has 0 unspecified atom stereocenters. The van der Waals surface area contributed by atoms with Crippen LogP contribution in [0.2, 0.25) is 0 Å². The molecule has 25 N–H and O–H groups in total. The Morgan fingerprint density at radius 3 is 1.37 bits per heavy atom. The second kappa shape index (κ2) is 52.0. The topological polar surface area (TPSA) is 570 Å². The Labute approximate surface area is 729 Å². The average molecular weight is 1760 g/mol. The van der Waals surface area contributed by atoms with Crippen LogP contribution in [0, 0.1) is 0 Å². The van der Waals surface area contributed by atoms with Crippen molar-refractivity contribution in [2.24, 2.45) is 22.9 Å². The predicted molar refractivity (Wildman–Crippen MR) is 472 cm³/mol. The molecule has 124 heavy (non-hydrogen) atoms. The van der Waals surface area contributed by atoms with Gasteiger partial charge in [-0.15, -0.1) is 0 Å². The molecule has 5 aromatic carbocycles. The van der Waals surface area contributed by atoms with Crippen molar-refractivity contribution in [1.29, 1.82) is 0 Å². The lowest BCUT2D eigenvalue weighted by molar-refractivity contribution is -0.146. The van der Waals surface area contributed by atoms with E-state index in [0.29, 0.717) is 82.3 Å². The molecule has 674 valence electrons. The van der Waals surface area contributed by atoms with Gasteiger partial charge in [0.1, 0.15) is 72.5 Å². The number of carboxylic acids is 1. The van der Waals surface area contributed by atoms with Crippen molar-refractivity contribution in [2.75, 3.05) is 44.8 Å². The number of unbranched alkanes of at least 4 members (excludes halogenated alkanes) is 3. The van der Waals surface area contributed by atoms with Crippen molar-refractivity contribution in [2.45, 2.75) is 221 Å². The molecule has 35 nitrogen and oxygen atoms in total. The van der Waals surface area contributed by atoms with Crippen LogP contribution in [0.3, 0.4) is 0 Å². The predicted octanol–water partition coefficient (Wildman–Crippen LogP) is -0.713. The molecule has 1 saturated heterocycles. The molecule has 7 rings (SSSR count). The van der Waals surface area contributed by atoms with E-state index >= 15 is 28.8 Å². The normalized spacial score (nSPS) is 22.5. The Morgan fingerprint density at radius 2 is 0.887 bits per heavy atom. The molecule has 0 aliphatic carbocycles. The molecule has 1 aliphatic rings. The van der Waals surface area contributed by atoms with Gasteiger partial charge in [0.2, 0.25) is 70.9 Å². The minimum Gasteiger partial charge on any atom is -0.480 e. The zero-order chi connectivity index (χ0) is 90.4. The van der Waals surface area contributed by atoms with Gasteiger partial charge in [0, 0.05) is 80.3 Å². The summed E-state index contributed by atoms with van der Waals surface area (Å²) in [4.78, 5) is 196. The Kier molecular flexibility index (Phi) is 42.1. The lowest BCUT2D eigenvalue weighted by Gasteiger charge is -2.33. The Hall–Kier alpha value is -10.9. The van der Waals surface area contributed by atoms with Gasteiger partial charge >= 0.3 is 5.97 Å². The number of aromatic amines is 1. The van der Waals surface area contributed by atoms with Crippen molar-refractivity contribution in [3.8, 4) is 0 Å². The molecular weight excluding hydrogens is 1630 g/mol. The molecule has 0 bridgehead atoms. The fourth-order valence-corrected chi connectivity index (χ4v) is 16.0. The van der Waals surface area contributed by atoms with Crippen LogP contribution in [0.4, 0.5) is 0 Å². The zero-order valence-electron chi connectivity index (χ0n) is 70.6. The summed E-state index contributed by atoms with van der Waals surface area (Å²) in [5.74, 6) is -14.0. The van der Waals surface area contributed by atoms with Crippen LogP contribution >= 0.6 is 21.6 Å². The first kappa shape index (κ1) is 100.